The predicted molar refractivity (Wildman–Crippen MR) is 172 cm³/mol. The molecule has 0 radical (unpaired) electrons. The minimum atomic E-state index is -0.859. The van der Waals surface area contributed by atoms with Crippen LogP contribution in [0.4, 0.5) is 10.1 Å². The number of rotatable bonds is 8. The lowest BCUT2D eigenvalue weighted by atomic mass is 9.98. The maximum absolute atomic E-state index is 15.9. The number of nitrogens with one attached hydrogen (secondary N) is 3. The van der Waals surface area contributed by atoms with E-state index in [1.54, 1.807) is 37.4 Å². The van der Waals surface area contributed by atoms with E-state index >= 15 is 4.39 Å². The van der Waals surface area contributed by atoms with Gasteiger partial charge in [-0.25, -0.2) is 14.2 Å². The Morgan fingerprint density at radius 1 is 1.09 bits per heavy atom. The van der Waals surface area contributed by atoms with Gasteiger partial charge in [-0.3, -0.25) is 19.0 Å². The normalized spacial score (nSPS) is 17.1. The fourth-order valence-electron chi connectivity index (χ4n) is 6.15. The van der Waals surface area contributed by atoms with Crippen molar-refractivity contribution in [2.75, 3.05) is 19.0 Å². The number of nitrogens with zero attached hydrogens (tertiary/aromatic N) is 3. The Bertz CT molecular complexity index is 2010. The molecule has 0 unspecified atom stereocenters. The summed E-state index contributed by atoms with van der Waals surface area (Å²) < 4.78 is 23.6. The SMILES string of the molecule is COc1nc(-c2cccc(-c3cccc(NC(=O)c4cn(C)c(=O)n(C)c4=O)c3F)c2Cl)cc2c1[C@@H](NC[C@H]1CCC(=O)N1)CC2. The molecule has 11 nitrogen and oxygen atoms in total. The Labute approximate surface area is 268 Å². The summed E-state index contributed by atoms with van der Waals surface area (Å²) in [7, 11) is 4.24. The summed E-state index contributed by atoms with van der Waals surface area (Å²) in [5.41, 5.74) is 1.85. The van der Waals surface area contributed by atoms with E-state index < -0.39 is 23.0 Å². The van der Waals surface area contributed by atoms with Crippen LogP contribution in [0.2, 0.25) is 5.02 Å². The lowest BCUT2D eigenvalue weighted by molar-refractivity contribution is -0.119. The molecular weight excluding hydrogens is 615 g/mol. The van der Waals surface area contributed by atoms with Gasteiger partial charge in [0.15, 0.2) is 5.82 Å². The quantitative estimate of drug-likeness (QED) is 0.265. The fourth-order valence-corrected chi connectivity index (χ4v) is 6.47. The first-order valence-electron chi connectivity index (χ1n) is 14.8. The number of fused-ring (bicyclic) bond motifs is 1. The van der Waals surface area contributed by atoms with Crippen molar-refractivity contribution in [1.29, 1.82) is 0 Å². The van der Waals surface area contributed by atoms with Gasteiger partial charge in [0.25, 0.3) is 11.5 Å². The summed E-state index contributed by atoms with van der Waals surface area (Å²) in [6, 6.07) is 11.8. The molecule has 0 saturated carbocycles. The van der Waals surface area contributed by atoms with Crippen LogP contribution in [-0.2, 0) is 25.3 Å². The molecule has 46 heavy (non-hydrogen) atoms. The van der Waals surface area contributed by atoms with Crippen LogP contribution in [-0.4, -0.2) is 45.6 Å². The van der Waals surface area contributed by atoms with E-state index in [0.717, 1.165) is 45.7 Å². The van der Waals surface area contributed by atoms with E-state index in [9.17, 15) is 19.2 Å². The van der Waals surface area contributed by atoms with Gasteiger partial charge in [0.05, 0.1) is 23.5 Å². The first-order valence-corrected chi connectivity index (χ1v) is 15.2. The second-order valence-corrected chi connectivity index (χ2v) is 11.9. The lowest BCUT2D eigenvalue weighted by Crippen LogP contribution is -2.40. The van der Waals surface area contributed by atoms with Crippen molar-refractivity contribution in [1.82, 2.24) is 24.8 Å². The van der Waals surface area contributed by atoms with Gasteiger partial charge in [-0.05, 0) is 37.0 Å². The molecule has 1 aliphatic heterocycles. The van der Waals surface area contributed by atoms with Gasteiger partial charge in [-0.15, -0.1) is 0 Å². The van der Waals surface area contributed by atoms with E-state index in [1.165, 1.54) is 20.2 Å². The van der Waals surface area contributed by atoms with Crippen LogP contribution in [0.3, 0.4) is 0 Å². The number of benzene rings is 2. The zero-order chi connectivity index (χ0) is 32.7. The second kappa shape index (κ2) is 12.5. The molecular formula is C33H32ClFN6O5. The average Bonchev–Trinajstić information content (AvgIpc) is 3.66. The number of hydrogen-bond donors (Lipinski definition) is 3. The first kappa shape index (κ1) is 31.2. The number of anilines is 1. The van der Waals surface area contributed by atoms with Crippen LogP contribution in [0, 0.1) is 5.82 Å². The molecule has 6 rings (SSSR count). The number of amides is 2. The van der Waals surface area contributed by atoms with E-state index in [-0.39, 0.29) is 39.8 Å². The standard InChI is InChI=1S/C33H32ClFN6O5/c1-40-16-22(32(44)41(2)33(40)45)30(43)38-24-9-5-7-20(29(24)35)19-6-4-8-21(28(19)34)25-14-17-10-12-23(27(17)31(39-25)46-3)36-15-18-11-13-26(42)37-18/h4-9,14,16,18,23,36H,10-13,15H2,1-3H3,(H,37,42)(H,38,43)/t18-,23+/m1/s1. The van der Waals surface area contributed by atoms with Crippen LogP contribution in [0.15, 0.2) is 58.3 Å². The highest BCUT2D eigenvalue weighted by molar-refractivity contribution is 6.36. The molecule has 238 valence electrons. The smallest absolute Gasteiger partial charge is 0.330 e. The molecule has 2 aromatic carbocycles. The molecule has 4 aromatic rings. The van der Waals surface area contributed by atoms with Crippen molar-refractivity contribution in [3.05, 3.63) is 97.0 Å². The Morgan fingerprint density at radius 3 is 2.57 bits per heavy atom. The summed E-state index contributed by atoms with van der Waals surface area (Å²) in [6.45, 7) is 0.654. The first-order chi connectivity index (χ1) is 22.1. The van der Waals surface area contributed by atoms with Crippen molar-refractivity contribution >= 4 is 29.1 Å². The highest BCUT2D eigenvalue weighted by Crippen LogP contribution is 2.43. The van der Waals surface area contributed by atoms with Crippen LogP contribution >= 0.6 is 11.6 Å². The highest BCUT2D eigenvalue weighted by Gasteiger charge is 2.30. The van der Waals surface area contributed by atoms with E-state index in [4.69, 9.17) is 21.3 Å². The average molecular weight is 647 g/mol. The van der Waals surface area contributed by atoms with Crippen molar-refractivity contribution in [3.8, 4) is 28.3 Å². The molecule has 0 spiro atoms. The molecule has 2 aromatic heterocycles. The Balaban J connectivity index is 1.29. The number of aromatic nitrogens is 3. The number of methoxy groups -OCH3 is 1. The summed E-state index contributed by atoms with van der Waals surface area (Å²) in [4.78, 5) is 53.9. The molecule has 1 saturated heterocycles. The van der Waals surface area contributed by atoms with E-state index in [0.29, 0.717) is 35.7 Å². The van der Waals surface area contributed by atoms with Crippen molar-refractivity contribution in [2.45, 2.75) is 37.8 Å². The van der Waals surface area contributed by atoms with Crippen LogP contribution in [0.25, 0.3) is 22.4 Å². The number of carbonyl (C=O) groups excluding carboxylic acids is 2. The maximum Gasteiger partial charge on any atom is 0.330 e. The Kier molecular flexibility index (Phi) is 8.49. The largest absolute Gasteiger partial charge is 0.481 e. The molecule has 2 aliphatic rings. The maximum atomic E-state index is 15.9. The van der Waals surface area contributed by atoms with Crippen molar-refractivity contribution in [3.63, 3.8) is 0 Å². The predicted octanol–water partition coefficient (Wildman–Crippen LogP) is 3.72. The number of ether oxygens (including phenoxy) is 1. The topological polar surface area (TPSA) is 136 Å². The molecule has 3 N–H and O–H groups in total. The molecule has 1 aliphatic carbocycles. The number of hydrogen-bond acceptors (Lipinski definition) is 7. The molecule has 2 amide bonds. The third-order valence-corrected chi connectivity index (χ3v) is 8.96. The van der Waals surface area contributed by atoms with Crippen LogP contribution in [0.5, 0.6) is 5.88 Å². The Morgan fingerprint density at radius 2 is 1.83 bits per heavy atom. The third kappa shape index (κ3) is 5.69. The Hall–Kier alpha value is -4.81. The third-order valence-electron chi connectivity index (χ3n) is 8.55. The summed E-state index contributed by atoms with van der Waals surface area (Å²) >= 11 is 6.93. The van der Waals surface area contributed by atoms with E-state index in [2.05, 4.69) is 16.0 Å². The monoisotopic (exact) mass is 646 g/mol. The van der Waals surface area contributed by atoms with Gasteiger partial charge in [0, 0.05) is 67.6 Å². The minimum absolute atomic E-state index is 0.0267. The number of pyridine rings is 1. The number of carbonyl (C=O) groups is 2. The summed E-state index contributed by atoms with van der Waals surface area (Å²) in [6.07, 6.45) is 4.11. The van der Waals surface area contributed by atoms with Crippen LogP contribution < -0.4 is 31.9 Å². The molecule has 2 atom stereocenters. The lowest BCUT2D eigenvalue weighted by Gasteiger charge is -2.20. The molecule has 0 bridgehead atoms. The molecule has 3 heterocycles. The number of halogens is 2. The van der Waals surface area contributed by atoms with Gasteiger partial charge in [-0.1, -0.05) is 41.9 Å². The number of aryl methyl sites for hydroxylation is 2. The zero-order valence-corrected chi connectivity index (χ0v) is 26.2. The molecule has 1 fully saturated rings. The second-order valence-electron chi connectivity index (χ2n) is 11.5. The van der Waals surface area contributed by atoms with Crippen LogP contribution in [0.1, 0.15) is 46.8 Å². The zero-order valence-electron chi connectivity index (χ0n) is 25.4. The summed E-state index contributed by atoms with van der Waals surface area (Å²) in [5, 5.41) is 9.25. The highest BCUT2D eigenvalue weighted by atomic mass is 35.5. The minimum Gasteiger partial charge on any atom is -0.481 e. The van der Waals surface area contributed by atoms with Gasteiger partial charge < -0.3 is 25.3 Å². The van der Waals surface area contributed by atoms with Crippen molar-refractivity contribution in [2.24, 2.45) is 14.1 Å². The van der Waals surface area contributed by atoms with Crippen molar-refractivity contribution < 1.29 is 18.7 Å². The van der Waals surface area contributed by atoms with Gasteiger partial charge >= 0.3 is 5.69 Å². The van der Waals surface area contributed by atoms with E-state index in [1.807, 2.05) is 6.07 Å². The van der Waals surface area contributed by atoms with Gasteiger partial charge in [0.1, 0.15) is 5.56 Å². The summed E-state index contributed by atoms with van der Waals surface area (Å²) in [5.74, 6) is -1.06. The van der Waals surface area contributed by atoms with Gasteiger partial charge in [0.2, 0.25) is 11.8 Å². The molecule has 13 heteroatoms. The fraction of sp³-hybridized carbons (Fsp3) is 0.303. The van der Waals surface area contributed by atoms with Gasteiger partial charge in [-0.2, -0.15) is 0 Å².